The highest BCUT2D eigenvalue weighted by atomic mass is 14.2. The second-order valence-electron chi connectivity index (χ2n) is 7.18. The van der Waals surface area contributed by atoms with E-state index in [4.69, 9.17) is 0 Å². The smallest absolute Gasteiger partial charge is 0.0209 e. The lowest BCUT2D eigenvalue weighted by Crippen LogP contribution is -1.91. The Morgan fingerprint density at radius 2 is 1.40 bits per heavy atom. The van der Waals surface area contributed by atoms with Crippen molar-refractivity contribution < 1.29 is 0 Å². The first-order valence-corrected chi connectivity index (χ1v) is 10.4. The van der Waals surface area contributed by atoms with Crippen LogP contribution in [0.3, 0.4) is 0 Å². The molecule has 142 valence electrons. The lowest BCUT2D eigenvalue weighted by molar-refractivity contribution is 0.589. The van der Waals surface area contributed by atoms with Crippen LogP contribution in [0.15, 0.2) is 55.6 Å². The molecule has 0 atom stereocenters. The maximum absolute atomic E-state index is 3.94. The maximum atomic E-state index is 3.94. The van der Waals surface area contributed by atoms with E-state index in [0.29, 0.717) is 0 Å². The molecule has 0 radical (unpaired) electrons. The van der Waals surface area contributed by atoms with Crippen molar-refractivity contribution in [3.05, 3.63) is 61.2 Å². The van der Waals surface area contributed by atoms with Gasteiger partial charge >= 0.3 is 0 Å². The summed E-state index contributed by atoms with van der Waals surface area (Å²) in [4.78, 5) is 0. The van der Waals surface area contributed by atoms with Gasteiger partial charge in [0.2, 0.25) is 0 Å². The molecule has 0 amide bonds. The van der Waals surface area contributed by atoms with Gasteiger partial charge in [-0.15, -0.1) is 13.2 Å². The summed E-state index contributed by atoms with van der Waals surface area (Å²) in [7, 11) is 0. The monoisotopic (exact) mass is 342 g/mol. The normalized spacial score (nSPS) is 13.4. The van der Waals surface area contributed by atoms with E-state index in [0.717, 1.165) is 5.92 Å². The highest BCUT2D eigenvalue weighted by Crippen LogP contribution is 2.29. The number of benzene rings is 1. The lowest BCUT2D eigenvalue weighted by atomic mass is 10.0. The molecule has 1 aromatic carbocycles. The second kappa shape index (κ2) is 17.5. The summed E-state index contributed by atoms with van der Waals surface area (Å²) in [5.74, 6) is 0.870. The topological polar surface area (TPSA) is 0 Å². The minimum Gasteiger partial charge on any atom is -0.106 e. The molecule has 0 saturated heterocycles. The molecule has 0 heteroatoms. The molecule has 0 heterocycles. The predicted octanol–water partition coefficient (Wildman–Crippen LogP) is 8.53. The van der Waals surface area contributed by atoms with Crippen LogP contribution in [0, 0.1) is 5.92 Å². The Bertz CT molecular complexity index is 397. The zero-order valence-electron chi connectivity index (χ0n) is 17.1. The van der Waals surface area contributed by atoms with Crippen LogP contribution in [-0.2, 0) is 6.42 Å². The highest BCUT2D eigenvalue weighted by molar-refractivity contribution is 5.14. The molecule has 0 nitrogen and oxygen atoms in total. The molecule has 1 aromatic rings. The predicted molar refractivity (Wildman–Crippen MR) is 116 cm³/mol. The summed E-state index contributed by atoms with van der Waals surface area (Å²) in [6.45, 7) is 14.4. The van der Waals surface area contributed by atoms with Gasteiger partial charge in [-0.2, -0.15) is 0 Å². The quantitative estimate of drug-likeness (QED) is 0.311. The van der Waals surface area contributed by atoms with Crippen LogP contribution < -0.4 is 0 Å². The SMILES string of the molecule is C=C.C=C(C)C1CCCC1.CCCCCCCCCc1ccccc1. The fraction of sp³-hybridized carbons (Fsp3) is 0.600. The Labute approximate surface area is 158 Å². The maximum Gasteiger partial charge on any atom is -0.0209 e. The van der Waals surface area contributed by atoms with E-state index in [1.165, 1.54) is 88.2 Å². The van der Waals surface area contributed by atoms with E-state index in [9.17, 15) is 0 Å². The van der Waals surface area contributed by atoms with Crippen molar-refractivity contribution in [2.75, 3.05) is 0 Å². The number of allylic oxidation sites excluding steroid dienone is 1. The van der Waals surface area contributed by atoms with Crippen LogP contribution in [0.1, 0.15) is 90.0 Å². The summed E-state index contributed by atoms with van der Waals surface area (Å²) in [6, 6.07) is 10.8. The van der Waals surface area contributed by atoms with Crippen molar-refractivity contribution in [1.82, 2.24) is 0 Å². The van der Waals surface area contributed by atoms with E-state index in [2.05, 4.69) is 63.9 Å². The molecule has 25 heavy (non-hydrogen) atoms. The fourth-order valence-electron chi connectivity index (χ4n) is 3.35. The minimum atomic E-state index is 0.870. The van der Waals surface area contributed by atoms with Gasteiger partial charge in [0.15, 0.2) is 0 Å². The summed E-state index contributed by atoms with van der Waals surface area (Å²) >= 11 is 0. The molecule has 1 aliphatic rings. The van der Waals surface area contributed by atoms with Gasteiger partial charge in [0.25, 0.3) is 0 Å². The van der Waals surface area contributed by atoms with Gasteiger partial charge < -0.3 is 0 Å². The lowest BCUT2D eigenvalue weighted by Gasteiger charge is -2.05. The van der Waals surface area contributed by atoms with Gasteiger partial charge in [-0.05, 0) is 44.1 Å². The zero-order chi connectivity index (χ0) is 18.8. The van der Waals surface area contributed by atoms with Crippen LogP contribution in [0.4, 0.5) is 0 Å². The van der Waals surface area contributed by atoms with Crippen molar-refractivity contribution in [3.8, 4) is 0 Å². The Balaban J connectivity index is 0.000000483. The molecule has 0 bridgehead atoms. The molecule has 1 fully saturated rings. The van der Waals surface area contributed by atoms with Crippen LogP contribution in [0.25, 0.3) is 0 Å². The molecule has 0 N–H and O–H groups in total. The zero-order valence-corrected chi connectivity index (χ0v) is 17.1. The molecule has 0 unspecified atom stereocenters. The van der Waals surface area contributed by atoms with Crippen LogP contribution >= 0.6 is 0 Å². The van der Waals surface area contributed by atoms with Crippen LogP contribution in [-0.4, -0.2) is 0 Å². The molecule has 1 saturated carbocycles. The summed E-state index contributed by atoms with van der Waals surface area (Å²) in [5.41, 5.74) is 2.88. The van der Waals surface area contributed by atoms with E-state index < -0.39 is 0 Å². The van der Waals surface area contributed by atoms with E-state index in [1.54, 1.807) is 0 Å². The number of unbranched alkanes of at least 4 members (excludes halogenated alkanes) is 6. The Hall–Kier alpha value is -1.30. The fourth-order valence-corrected chi connectivity index (χ4v) is 3.35. The van der Waals surface area contributed by atoms with E-state index in [-0.39, 0.29) is 0 Å². The Morgan fingerprint density at radius 3 is 1.88 bits per heavy atom. The van der Waals surface area contributed by atoms with Crippen LogP contribution in [0.5, 0.6) is 0 Å². The van der Waals surface area contributed by atoms with Crippen LogP contribution in [0.2, 0.25) is 0 Å². The number of aryl methyl sites for hydroxylation is 1. The molecule has 0 spiro atoms. The molecule has 2 rings (SSSR count). The Morgan fingerprint density at radius 1 is 0.880 bits per heavy atom. The minimum absolute atomic E-state index is 0.870. The number of rotatable bonds is 9. The third-order valence-electron chi connectivity index (χ3n) is 4.96. The molecule has 0 aromatic heterocycles. The first-order valence-electron chi connectivity index (χ1n) is 10.4. The Kier molecular flexibility index (Phi) is 16.6. The van der Waals surface area contributed by atoms with E-state index >= 15 is 0 Å². The molecule has 1 aliphatic carbocycles. The van der Waals surface area contributed by atoms with Crippen molar-refractivity contribution in [2.24, 2.45) is 5.92 Å². The van der Waals surface area contributed by atoms with Gasteiger partial charge in [0.1, 0.15) is 0 Å². The van der Waals surface area contributed by atoms with Gasteiger partial charge in [-0.25, -0.2) is 0 Å². The molecular weight excluding hydrogens is 300 g/mol. The van der Waals surface area contributed by atoms with Crippen molar-refractivity contribution >= 4 is 0 Å². The number of hydrogen-bond acceptors (Lipinski definition) is 0. The average Bonchev–Trinajstić information content (AvgIpc) is 3.19. The molecule has 0 aliphatic heterocycles. The third kappa shape index (κ3) is 13.6. The summed E-state index contributed by atoms with van der Waals surface area (Å²) < 4.78 is 0. The largest absolute Gasteiger partial charge is 0.106 e. The van der Waals surface area contributed by atoms with Crippen molar-refractivity contribution in [2.45, 2.75) is 90.9 Å². The molecular formula is C25H42. The van der Waals surface area contributed by atoms with E-state index in [1.807, 2.05) is 0 Å². The summed E-state index contributed by atoms with van der Waals surface area (Å²) in [5, 5.41) is 0. The van der Waals surface area contributed by atoms with Crippen molar-refractivity contribution in [3.63, 3.8) is 0 Å². The average molecular weight is 343 g/mol. The first-order chi connectivity index (χ1) is 12.2. The van der Waals surface area contributed by atoms with Gasteiger partial charge in [0, 0.05) is 0 Å². The van der Waals surface area contributed by atoms with Crippen molar-refractivity contribution in [1.29, 1.82) is 0 Å². The second-order valence-corrected chi connectivity index (χ2v) is 7.18. The standard InChI is InChI=1S/C15H24.C8H14.C2H4/c1-2-3-4-5-6-7-9-12-15-13-10-8-11-14-15;1-7(2)8-5-3-4-6-8;1-2/h8,10-11,13-14H,2-7,9,12H2,1H3;8H,1,3-6H2,2H3;1-2H2. The van der Waals surface area contributed by atoms with Gasteiger partial charge in [-0.1, -0.05) is 101 Å². The third-order valence-corrected chi connectivity index (χ3v) is 4.96. The van der Waals surface area contributed by atoms with Gasteiger partial charge in [0.05, 0.1) is 0 Å². The highest BCUT2D eigenvalue weighted by Gasteiger charge is 2.14. The summed E-state index contributed by atoms with van der Waals surface area (Å²) in [6.07, 6.45) is 16.7. The number of hydrogen-bond donors (Lipinski definition) is 0. The first kappa shape index (κ1) is 23.7. The van der Waals surface area contributed by atoms with Gasteiger partial charge in [-0.3, -0.25) is 0 Å².